The van der Waals surface area contributed by atoms with E-state index in [0.29, 0.717) is 6.54 Å². The third kappa shape index (κ3) is 5.43. The molecule has 0 bridgehead atoms. The maximum absolute atomic E-state index is 11.6. The molecule has 0 saturated carbocycles. The Kier molecular flexibility index (Phi) is 6.88. The number of hydrogen-bond donors (Lipinski definition) is 1. The smallest absolute Gasteiger partial charge is 0.308 e. The lowest BCUT2D eigenvalue weighted by Gasteiger charge is -2.32. The fourth-order valence-electron chi connectivity index (χ4n) is 3.59. The Morgan fingerprint density at radius 1 is 1.23 bits per heavy atom. The molecule has 0 radical (unpaired) electrons. The number of carbonyl (C=O) groups is 1. The molecule has 1 N–H and O–H groups in total. The van der Waals surface area contributed by atoms with Crippen molar-refractivity contribution in [2.24, 2.45) is 5.92 Å². The minimum atomic E-state index is -0.538. The molecule has 26 heavy (non-hydrogen) atoms. The lowest BCUT2D eigenvalue weighted by atomic mass is 9.97. The molecule has 0 unspecified atom stereocenters. The fourth-order valence-corrected chi connectivity index (χ4v) is 3.59. The van der Waals surface area contributed by atoms with E-state index >= 15 is 0 Å². The quantitative estimate of drug-likeness (QED) is 0.708. The first-order chi connectivity index (χ1) is 12.6. The van der Waals surface area contributed by atoms with Crippen molar-refractivity contribution in [2.45, 2.75) is 31.9 Å². The fraction of sp³-hybridized carbons (Fsp3) is 0.650. The first-order valence-corrected chi connectivity index (χ1v) is 9.56. The molecule has 2 heterocycles. The highest BCUT2D eigenvalue weighted by Crippen LogP contribution is 2.20. The van der Waals surface area contributed by atoms with Crippen molar-refractivity contribution in [3.8, 4) is 5.75 Å². The van der Waals surface area contributed by atoms with Crippen LogP contribution in [0.2, 0.25) is 0 Å². The summed E-state index contributed by atoms with van der Waals surface area (Å²) in [6, 6.07) is 8.13. The first-order valence-electron chi connectivity index (χ1n) is 9.56. The topological polar surface area (TPSA) is 62.2 Å². The number of carbonyl (C=O) groups excluding carboxylic acids is 1. The van der Waals surface area contributed by atoms with Gasteiger partial charge in [-0.2, -0.15) is 0 Å². The monoisotopic (exact) mass is 362 g/mol. The Morgan fingerprint density at radius 2 is 2.00 bits per heavy atom. The van der Waals surface area contributed by atoms with Crippen LogP contribution in [0.15, 0.2) is 24.3 Å². The average molecular weight is 362 g/mol. The van der Waals surface area contributed by atoms with Crippen LogP contribution in [0.1, 0.15) is 24.8 Å². The summed E-state index contributed by atoms with van der Waals surface area (Å²) in [5.41, 5.74) is 1.25. The third-order valence-corrected chi connectivity index (χ3v) is 5.29. The van der Waals surface area contributed by atoms with E-state index in [1.807, 2.05) is 12.1 Å². The molecule has 0 aromatic heterocycles. The number of β-amino-alcohol motifs (C(OH)–C–C–N with tert-alkyl or cyclic N) is 1. The third-order valence-electron chi connectivity index (χ3n) is 5.29. The number of nitrogens with zero attached hydrogens (tertiary/aromatic N) is 2. The summed E-state index contributed by atoms with van der Waals surface area (Å²) in [5, 5.41) is 10.3. The van der Waals surface area contributed by atoms with Gasteiger partial charge >= 0.3 is 5.97 Å². The highest BCUT2D eigenvalue weighted by atomic mass is 16.5. The van der Waals surface area contributed by atoms with Crippen LogP contribution >= 0.6 is 0 Å². The summed E-state index contributed by atoms with van der Waals surface area (Å²) in [7, 11) is 1.44. The normalized spacial score (nSPS) is 20.4. The molecule has 2 fully saturated rings. The zero-order valence-corrected chi connectivity index (χ0v) is 15.6. The van der Waals surface area contributed by atoms with Crippen LogP contribution in [-0.4, -0.2) is 73.4 Å². The highest BCUT2D eigenvalue weighted by molar-refractivity contribution is 5.72. The summed E-state index contributed by atoms with van der Waals surface area (Å²) in [6.07, 6.45) is 2.33. The van der Waals surface area contributed by atoms with Gasteiger partial charge in [-0.1, -0.05) is 12.1 Å². The molecular weight excluding hydrogens is 332 g/mol. The maximum atomic E-state index is 11.6. The molecule has 6 nitrogen and oxygen atoms in total. The summed E-state index contributed by atoms with van der Waals surface area (Å²) >= 11 is 0. The molecule has 1 aromatic carbocycles. The van der Waals surface area contributed by atoms with Gasteiger partial charge < -0.3 is 19.5 Å². The van der Waals surface area contributed by atoms with Gasteiger partial charge in [0.15, 0.2) is 0 Å². The number of esters is 1. The lowest BCUT2D eigenvalue weighted by molar-refractivity contribution is -0.147. The summed E-state index contributed by atoms with van der Waals surface area (Å²) < 4.78 is 10.6. The van der Waals surface area contributed by atoms with Crippen molar-refractivity contribution < 1.29 is 19.4 Å². The molecule has 1 atom stereocenters. The van der Waals surface area contributed by atoms with E-state index in [0.717, 1.165) is 38.2 Å². The molecule has 2 aliphatic rings. The molecule has 1 aromatic rings. The van der Waals surface area contributed by atoms with Crippen molar-refractivity contribution >= 4 is 5.97 Å². The van der Waals surface area contributed by atoms with Crippen LogP contribution in [0.5, 0.6) is 5.75 Å². The van der Waals surface area contributed by atoms with Gasteiger partial charge in [-0.3, -0.25) is 9.69 Å². The van der Waals surface area contributed by atoms with Gasteiger partial charge in [0.1, 0.15) is 18.5 Å². The molecule has 0 amide bonds. The zero-order chi connectivity index (χ0) is 18.4. The van der Waals surface area contributed by atoms with E-state index in [9.17, 15) is 9.90 Å². The van der Waals surface area contributed by atoms with Gasteiger partial charge in [0.25, 0.3) is 0 Å². The number of methoxy groups -OCH3 is 1. The van der Waals surface area contributed by atoms with E-state index in [1.54, 1.807) is 0 Å². The second kappa shape index (κ2) is 9.35. The second-order valence-corrected chi connectivity index (χ2v) is 7.34. The standard InChI is InChI=1S/C20H30N2O4/c1-25-20(24)17-6-10-22(11-7-17)14-18(23)15-26-19-5-2-4-16(12-19)13-21-8-3-9-21/h2,4-5,12,17-18,23H,3,6-11,13-15H2,1H3/t18-/m0/s1. The SMILES string of the molecule is COC(=O)C1CCN(C[C@H](O)COc2cccc(CN3CCC3)c2)CC1. The number of benzene rings is 1. The van der Waals surface area contributed by atoms with Crippen LogP contribution < -0.4 is 4.74 Å². The van der Waals surface area contributed by atoms with Gasteiger partial charge in [0.05, 0.1) is 13.0 Å². The number of rotatable bonds is 8. The van der Waals surface area contributed by atoms with Crippen LogP contribution in [0.3, 0.4) is 0 Å². The van der Waals surface area contributed by atoms with Crippen LogP contribution in [-0.2, 0) is 16.1 Å². The number of ether oxygens (including phenoxy) is 2. The Hall–Kier alpha value is -1.63. The van der Waals surface area contributed by atoms with Crippen LogP contribution in [0.25, 0.3) is 0 Å². The van der Waals surface area contributed by atoms with E-state index in [4.69, 9.17) is 9.47 Å². The number of likely N-dealkylation sites (tertiary alicyclic amines) is 2. The average Bonchev–Trinajstić information content (AvgIpc) is 2.63. The van der Waals surface area contributed by atoms with Crippen molar-refractivity contribution in [3.63, 3.8) is 0 Å². The molecule has 0 spiro atoms. The molecule has 6 heteroatoms. The Balaban J connectivity index is 1.38. The van der Waals surface area contributed by atoms with E-state index in [1.165, 1.54) is 32.2 Å². The van der Waals surface area contributed by atoms with Gasteiger partial charge in [-0.05, 0) is 63.1 Å². The van der Waals surface area contributed by atoms with Crippen molar-refractivity contribution in [2.75, 3.05) is 46.4 Å². The van der Waals surface area contributed by atoms with Gasteiger partial charge in [-0.15, -0.1) is 0 Å². The van der Waals surface area contributed by atoms with E-state index in [-0.39, 0.29) is 18.5 Å². The van der Waals surface area contributed by atoms with Crippen molar-refractivity contribution in [3.05, 3.63) is 29.8 Å². The summed E-state index contributed by atoms with van der Waals surface area (Å²) in [4.78, 5) is 16.2. The maximum Gasteiger partial charge on any atom is 0.308 e. The largest absolute Gasteiger partial charge is 0.491 e. The molecule has 3 rings (SSSR count). The second-order valence-electron chi connectivity index (χ2n) is 7.34. The van der Waals surface area contributed by atoms with E-state index in [2.05, 4.69) is 21.9 Å². The first kappa shape index (κ1) is 19.1. The number of aliphatic hydroxyl groups excluding tert-OH is 1. The number of piperidine rings is 1. The molecule has 0 aliphatic carbocycles. The lowest BCUT2D eigenvalue weighted by Crippen LogP contribution is -2.42. The zero-order valence-electron chi connectivity index (χ0n) is 15.6. The number of hydrogen-bond acceptors (Lipinski definition) is 6. The molecular formula is C20H30N2O4. The Bertz CT molecular complexity index is 583. The Morgan fingerprint density at radius 3 is 2.65 bits per heavy atom. The van der Waals surface area contributed by atoms with Crippen molar-refractivity contribution in [1.82, 2.24) is 9.80 Å². The summed E-state index contributed by atoms with van der Waals surface area (Å²) in [6.45, 7) is 5.79. The van der Waals surface area contributed by atoms with Crippen molar-refractivity contribution in [1.29, 1.82) is 0 Å². The predicted octanol–water partition coefficient (Wildman–Crippen LogP) is 1.52. The number of aliphatic hydroxyl groups is 1. The summed E-state index contributed by atoms with van der Waals surface area (Å²) in [5.74, 6) is 0.692. The van der Waals surface area contributed by atoms with Crippen LogP contribution in [0, 0.1) is 5.92 Å². The molecule has 144 valence electrons. The van der Waals surface area contributed by atoms with Crippen LogP contribution in [0.4, 0.5) is 0 Å². The Labute approximate surface area is 155 Å². The van der Waals surface area contributed by atoms with Gasteiger partial charge in [0.2, 0.25) is 0 Å². The minimum Gasteiger partial charge on any atom is -0.491 e. The van der Waals surface area contributed by atoms with E-state index < -0.39 is 6.10 Å². The van der Waals surface area contributed by atoms with Gasteiger partial charge in [0, 0.05) is 13.1 Å². The predicted molar refractivity (Wildman–Crippen MR) is 99.0 cm³/mol. The van der Waals surface area contributed by atoms with Gasteiger partial charge in [-0.25, -0.2) is 0 Å². The molecule has 2 aliphatic heterocycles. The molecule has 2 saturated heterocycles. The highest BCUT2D eigenvalue weighted by Gasteiger charge is 2.26. The minimum absolute atomic E-state index is 0.00112.